The zero-order chi connectivity index (χ0) is 13.2. The summed E-state index contributed by atoms with van der Waals surface area (Å²) in [5, 5.41) is 7.20. The molecular formula is C12H15N3O2S. The lowest BCUT2D eigenvalue weighted by atomic mass is 10.3. The Labute approximate surface area is 106 Å². The van der Waals surface area contributed by atoms with Crippen molar-refractivity contribution in [3.63, 3.8) is 0 Å². The van der Waals surface area contributed by atoms with Gasteiger partial charge in [0.05, 0.1) is 22.5 Å². The largest absolute Gasteiger partial charge is 0.352 e. The van der Waals surface area contributed by atoms with Crippen molar-refractivity contribution in [3.8, 4) is 0 Å². The Morgan fingerprint density at radius 2 is 2.06 bits per heavy atom. The first-order valence-corrected chi connectivity index (χ1v) is 7.48. The summed E-state index contributed by atoms with van der Waals surface area (Å²) in [5.41, 5.74) is 1.34. The molecular weight excluding hydrogens is 250 g/mol. The first-order valence-electron chi connectivity index (χ1n) is 5.59. The van der Waals surface area contributed by atoms with Crippen molar-refractivity contribution in [2.24, 2.45) is 0 Å². The summed E-state index contributed by atoms with van der Waals surface area (Å²) >= 11 is 0. The molecule has 6 heteroatoms. The van der Waals surface area contributed by atoms with Gasteiger partial charge in [-0.05, 0) is 19.1 Å². The third-order valence-corrected chi connectivity index (χ3v) is 3.68. The minimum Gasteiger partial charge on any atom is -0.352 e. The maximum atomic E-state index is 11.6. The molecule has 1 heterocycles. The van der Waals surface area contributed by atoms with Crippen molar-refractivity contribution < 1.29 is 8.42 Å². The van der Waals surface area contributed by atoms with Gasteiger partial charge in [0.1, 0.15) is 0 Å². The molecule has 1 aromatic heterocycles. The van der Waals surface area contributed by atoms with E-state index in [9.17, 15) is 8.42 Å². The Kier molecular flexibility index (Phi) is 3.38. The van der Waals surface area contributed by atoms with E-state index in [1.54, 1.807) is 35.1 Å². The topological polar surface area (TPSA) is 64.0 Å². The Morgan fingerprint density at radius 3 is 2.67 bits per heavy atom. The second-order valence-electron chi connectivity index (χ2n) is 3.98. The van der Waals surface area contributed by atoms with Crippen LogP contribution in [-0.2, 0) is 16.4 Å². The molecule has 0 amide bonds. The van der Waals surface area contributed by atoms with Gasteiger partial charge in [-0.1, -0.05) is 12.1 Å². The third-order valence-electron chi connectivity index (χ3n) is 2.52. The van der Waals surface area contributed by atoms with Gasteiger partial charge >= 0.3 is 0 Å². The van der Waals surface area contributed by atoms with E-state index in [0.717, 1.165) is 12.2 Å². The van der Waals surface area contributed by atoms with Crippen LogP contribution in [0.15, 0.2) is 41.6 Å². The van der Waals surface area contributed by atoms with Crippen LogP contribution in [0.25, 0.3) is 0 Å². The van der Waals surface area contributed by atoms with Crippen molar-refractivity contribution in [1.29, 1.82) is 0 Å². The van der Waals surface area contributed by atoms with E-state index in [-0.39, 0.29) is 4.90 Å². The fraction of sp³-hybridized carbons (Fsp3) is 0.250. The molecule has 5 nitrogen and oxygen atoms in total. The fourth-order valence-electron chi connectivity index (χ4n) is 1.65. The molecule has 0 saturated carbocycles. The normalized spacial score (nSPS) is 11.4. The maximum Gasteiger partial charge on any atom is 0.177 e. The molecule has 2 rings (SSSR count). The van der Waals surface area contributed by atoms with Gasteiger partial charge in [-0.2, -0.15) is 5.10 Å². The van der Waals surface area contributed by atoms with Gasteiger partial charge in [0.15, 0.2) is 9.84 Å². The van der Waals surface area contributed by atoms with Gasteiger partial charge in [-0.25, -0.2) is 8.42 Å². The molecule has 0 spiro atoms. The van der Waals surface area contributed by atoms with Gasteiger partial charge in [-0.15, -0.1) is 0 Å². The SMILES string of the molecule is CCn1cc(Nc2ccccc2S(C)(=O)=O)cn1. The van der Waals surface area contributed by atoms with Crippen LogP contribution in [0.3, 0.4) is 0 Å². The molecule has 0 radical (unpaired) electrons. The summed E-state index contributed by atoms with van der Waals surface area (Å²) in [6, 6.07) is 6.82. The van der Waals surface area contributed by atoms with Gasteiger partial charge in [-0.3, -0.25) is 4.68 Å². The van der Waals surface area contributed by atoms with E-state index < -0.39 is 9.84 Å². The van der Waals surface area contributed by atoms with Crippen LogP contribution in [0.2, 0.25) is 0 Å². The molecule has 0 aliphatic heterocycles. The molecule has 96 valence electrons. The molecule has 0 unspecified atom stereocenters. The standard InChI is InChI=1S/C12H15N3O2S/c1-3-15-9-10(8-13-15)14-11-6-4-5-7-12(11)18(2,16)17/h4-9,14H,3H2,1-2H3. The van der Waals surface area contributed by atoms with E-state index in [2.05, 4.69) is 10.4 Å². The lowest BCUT2D eigenvalue weighted by molar-refractivity contribution is 0.602. The summed E-state index contributed by atoms with van der Waals surface area (Å²) in [7, 11) is -3.24. The Hall–Kier alpha value is -1.82. The van der Waals surface area contributed by atoms with Crippen molar-refractivity contribution in [3.05, 3.63) is 36.7 Å². The fourth-order valence-corrected chi connectivity index (χ4v) is 2.49. The van der Waals surface area contributed by atoms with Crippen LogP contribution >= 0.6 is 0 Å². The van der Waals surface area contributed by atoms with Crippen molar-refractivity contribution in [2.45, 2.75) is 18.4 Å². The number of hydrogen-bond acceptors (Lipinski definition) is 4. The number of anilines is 2. The second-order valence-corrected chi connectivity index (χ2v) is 5.96. The van der Waals surface area contributed by atoms with Crippen LogP contribution in [0.1, 0.15) is 6.92 Å². The molecule has 0 atom stereocenters. The van der Waals surface area contributed by atoms with Crippen LogP contribution < -0.4 is 5.32 Å². The summed E-state index contributed by atoms with van der Waals surface area (Å²) < 4.78 is 25.1. The molecule has 0 saturated heterocycles. The molecule has 1 aromatic carbocycles. The lowest BCUT2D eigenvalue weighted by Gasteiger charge is -2.08. The molecule has 1 N–H and O–H groups in total. The molecule has 2 aromatic rings. The zero-order valence-electron chi connectivity index (χ0n) is 10.3. The molecule has 18 heavy (non-hydrogen) atoms. The number of para-hydroxylation sites is 1. The number of aryl methyl sites for hydroxylation is 1. The number of rotatable bonds is 4. The van der Waals surface area contributed by atoms with E-state index >= 15 is 0 Å². The first kappa shape index (κ1) is 12.6. The van der Waals surface area contributed by atoms with E-state index in [1.807, 2.05) is 13.1 Å². The quantitative estimate of drug-likeness (QED) is 0.919. The highest BCUT2D eigenvalue weighted by Gasteiger charge is 2.12. The number of aromatic nitrogens is 2. The van der Waals surface area contributed by atoms with Gasteiger partial charge in [0, 0.05) is 19.0 Å². The van der Waals surface area contributed by atoms with E-state index in [0.29, 0.717) is 5.69 Å². The average molecular weight is 265 g/mol. The van der Waals surface area contributed by atoms with E-state index in [1.165, 1.54) is 6.26 Å². The number of sulfone groups is 1. The molecule has 0 fully saturated rings. The number of hydrogen-bond donors (Lipinski definition) is 1. The third kappa shape index (κ3) is 2.70. The number of benzene rings is 1. The van der Waals surface area contributed by atoms with Gasteiger partial charge in [0.2, 0.25) is 0 Å². The maximum absolute atomic E-state index is 11.6. The number of nitrogens with one attached hydrogen (secondary N) is 1. The Bertz CT molecular complexity index is 647. The summed E-state index contributed by atoms with van der Waals surface area (Å²) in [4.78, 5) is 0.286. The Balaban J connectivity index is 2.35. The van der Waals surface area contributed by atoms with Crippen LogP contribution in [0, 0.1) is 0 Å². The predicted molar refractivity (Wildman–Crippen MR) is 70.7 cm³/mol. The highest BCUT2D eigenvalue weighted by Crippen LogP contribution is 2.24. The highest BCUT2D eigenvalue weighted by atomic mass is 32.2. The summed E-state index contributed by atoms with van der Waals surface area (Å²) in [6.07, 6.45) is 4.70. The summed E-state index contributed by atoms with van der Waals surface area (Å²) in [5.74, 6) is 0. The van der Waals surface area contributed by atoms with Crippen LogP contribution in [0.5, 0.6) is 0 Å². The predicted octanol–water partition coefficient (Wildman–Crippen LogP) is 2.05. The van der Waals surface area contributed by atoms with Crippen molar-refractivity contribution in [1.82, 2.24) is 9.78 Å². The van der Waals surface area contributed by atoms with Gasteiger partial charge < -0.3 is 5.32 Å². The smallest absolute Gasteiger partial charge is 0.177 e. The monoisotopic (exact) mass is 265 g/mol. The average Bonchev–Trinajstić information content (AvgIpc) is 2.76. The van der Waals surface area contributed by atoms with E-state index in [4.69, 9.17) is 0 Å². The lowest BCUT2D eigenvalue weighted by Crippen LogP contribution is -2.02. The molecule has 0 aliphatic carbocycles. The Morgan fingerprint density at radius 1 is 1.33 bits per heavy atom. The van der Waals surface area contributed by atoms with Crippen LogP contribution in [0.4, 0.5) is 11.4 Å². The minimum atomic E-state index is -3.24. The number of nitrogens with zero attached hydrogens (tertiary/aromatic N) is 2. The zero-order valence-corrected chi connectivity index (χ0v) is 11.1. The van der Waals surface area contributed by atoms with Crippen molar-refractivity contribution in [2.75, 3.05) is 11.6 Å². The van der Waals surface area contributed by atoms with Crippen LogP contribution in [-0.4, -0.2) is 24.5 Å². The highest BCUT2D eigenvalue weighted by molar-refractivity contribution is 7.90. The first-order chi connectivity index (χ1) is 8.50. The minimum absolute atomic E-state index is 0.286. The molecule has 0 aliphatic rings. The van der Waals surface area contributed by atoms with Gasteiger partial charge in [0.25, 0.3) is 0 Å². The van der Waals surface area contributed by atoms with Crippen molar-refractivity contribution >= 4 is 21.2 Å². The summed E-state index contributed by atoms with van der Waals surface area (Å²) in [6.45, 7) is 2.76. The second kappa shape index (κ2) is 4.81. The molecule has 0 bridgehead atoms.